The smallest absolute Gasteiger partial charge is 0.252 e. The molecule has 4 aliphatic rings. The Morgan fingerprint density at radius 3 is 1.53 bits per heavy atom. The summed E-state index contributed by atoms with van der Waals surface area (Å²) in [6.07, 6.45) is 4.03. The molecular formula is C64H58BN3. The van der Waals surface area contributed by atoms with E-state index < -0.39 is 5.41 Å². The van der Waals surface area contributed by atoms with Gasteiger partial charge in [0.15, 0.2) is 0 Å². The van der Waals surface area contributed by atoms with Crippen molar-refractivity contribution in [3.63, 3.8) is 0 Å². The van der Waals surface area contributed by atoms with E-state index in [1.807, 2.05) is 6.20 Å². The van der Waals surface area contributed by atoms with Crippen LogP contribution in [0.2, 0.25) is 0 Å². The van der Waals surface area contributed by atoms with Gasteiger partial charge < -0.3 is 9.13 Å². The highest BCUT2D eigenvalue weighted by molar-refractivity contribution is 7.00. The molecule has 68 heavy (non-hydrogen) atoms. The fourth-order valence-electron chi connectivity index (χ4n) is 13.3. The minimum atomic E-state index is -0.601. The Labute approximate surface area is 401 Å². The van der Waals surface area contributed by atoms with Crippen molar-refractivity contribution >= 4 is 66.7 Å². The van der Waals surface area contributed by atoms with Crippen LogP contribution in [0.25, 0.3) is 77.2 Å². The first-order valence-corrected chi connectivity index (χ1v) is 24.9. The lowest BCUT2D eigenvalue weighted by Crippen LogP contribution is -2.61. The third-order valence-electron chi connectivity index (χ3n) is 16.7. The molecule has 7 aromatic carbocycles. The molecule has 10 aromatic rings. The maximum Gasteiger partial charge on any atom is 0.252 e. The number of aromatic nitrogens is 3. The molecule has 1 spiro atoms. The van der Waals surface area contributed by atoms with Crippen molar-refractivity contribution in [1.82, 2.24) is 14.1 Å². The molecule has 0 atom stereocenters. The van der Waals surface area contributed by atoms with E-state index in [1.165, 1.54) is 133 Å². The third kappa shape index (κ3) is 4.84. The van der Waals surface area contributed by atoms with Gasteiger partial charge in [-0.2, -0.15) is 0 Å². The minimum Gasteiger partial charge on any atom is -0.310 e. The Morgan fingerprint density at radius 2 is 0.956 bits per heavy atom. The van der Waals surface area contributed by atoms with Gasteiger partial charge in [-0.1, -0.05) is 162 Å². The number of rotatable bonds is 1. The van der Waals surface area contributed by atoms with Crippen molar-refractivity contribution in [1.29, 1.82) is 0 Å². The quantitative estimate of drug-likeness (QED) is 0.151. The standard InChI is InChI=1S/C64H58BN3/c1-60(2,3)36-23-24-53-43(26-36)44-28-38(62(7,8)9)31-51-56(44)67(53)58-42(35-18-17-25-66-34-35)33-50-59-54(58)65(51)52-32-39(63(10,11)12)29-46-45-27-37(61(4,5)6)30-49(55(45)68(59)57(46)52)64(50)47-21-15-13-19-40(47)41-20-14-16-22-48(41)64/h13-34H,1-12H3. The lowest BCUT2D eigenvalue weighted by atomic mass is 9.33. The summed E-state index contributed by atoms with van der Waals surface area (Å²) in [6.45, 7) is 28.6. The Morgan fingerprint density at radius 1 is 0.426 bits per heavy atom. The molecule has 1 aliphatic carbocycles. The van der Waals surface area contributed by atoms with E-state index in [1.54, 1.807) is 0 Å². The van der Waals surface area contributed by atoms with Gasteiger partial charge >= 0.3 is 0 Å². The molecule has 14 rings (SSSR count). The molecular weight excluding hydrogens is 822 g/mol. The van der Waals surface area contributed by atoms with Gasteiger partial charge in [-0.15, -0.1) is 0 Å². The highest BCUT2D eigenvalue weighted by Gasteiger charge is 2.55. The summed E-state index contributed by atoms with van der Waals surface area (Å²) in [5.74, 6) is 0. The Kier molecular flexibility index (Phi) is 7.44. The van der Waals surface area contributed by atoms with Crippen LogP contribution in [-0.2, 0) is 27.1 Å². The average Bonchev–Trinajstić information content (AvgIpc) is 3.92. The predicted molar refractivity (Wildman–Crippen MR) is 289 cm³/mol. The molecule has 0 fully saturated rings. The summed E-state index contributed by atoms with van der Waals surface area (Å²) < 4.78 is 5.48. The van der Waals surface area contributed by atoms with E-state index in [-0.39, 0.29) is 28.4 Å². The summed E-state index contributed by atoms with van der Waals surface area (Å²) in [7, 11) is 0. The fourth-order valence-corrected chi connectivity index (χ4v) is 13.3. The summed E-state index contributed by atoms with van der Waals surface area (Å²) >= 11 is 0. The van der Waals surface area contributed by atoms with Gasteiger partial charge in [0.25, 0.3) is 6.71 Å². The van der Waals surface area contributed by atoms with Crippen LogP contribution in [0.3, 0.4) is 0 Å². The molecule has 0 bridgehead atoms. The molecule has 0 unspecified atom stereocenters. The minimum absolute atomic E-state index is 0.00704. The lowest BCUT2D eigenvalue weighted by molar-refractivity contribution is 0.588. The van der Waals surface area contributed by atoms with E-state index in [4.69, 9.17) is 4.98 Å². The third-order valence-corrected chi connectivity index (χ3v) is 16.7. The monoisotopic (exact) mass is 879 g/mol. The van der Waals surface area contributed by atoms with Gasteiger partial charge in [0.1, 0.15) is 0 Å². The Bertz CT molecular complexity index is 3890. The number of hydrogen-bond donors (Lipinski definition) is 0. The maximum absolute atomic E-state index is 4.89. The first-order chi connectivity index (χ1) is 32.3. The predicted octanol–water partition coefficient (Wildman–Crippen LogP) is 14.0. The topological polar surface area (TPSA) is 22.8 Å². The largest absolute Gasteiger partial charge is 0.310 e. The van der Waals surface area contributed by atoms with Crippen LogP contribution in [0, 0.1) is 0 Å². The van der Waals surface area contributed by atoms with Gasteiger partial charge in [0.05, 0.1) is 22.1 Å². The molecule has 4 heteroatoms. The second-order valence-electron chi connectivity index (χ2n) is 24.8. The number of pyridine rings is 1. The summed E-state index contributed by atoms with van der Waals surface area (Å²) in [4.78, 5) is 4.89. The molecule has 0 saturated carbocycles. The fraction of sp³-hybridized carbons (Fsp3) is 0.266. The van der Waals surface area contributed by atoms with Crippen LogP contribution in [0.15, 0.2) is 134 Å². The zero-order valence-electron chi connectivity index (χ0n) is 41.6. The van der Waals surface area contributed by atoms with Crippen molar-refractivity contribution in [2.75, 3.05) is 0 Å². The number of hydrogen-bond acceptors (Lipinski definition) is 1. The zero-order valence-corrected chi connectivity index (χ0v) is 41.6. The van der Waals surface area contributed by atoms with Crippen LogP contribution in [0.1, 0.15) is 128 Å². The maximum atomic E-state index is 4.89. The van der Waals surface area contributed by atoms with E-state index in [9.17, 15) is 0 Å². The highest BCUT2D eigenvalue weighted by atomic mass is 15.1. The van der Waals surface area contributed by atoms with Gasteiger partial charge in [-0.3, -0.25) is 4.98 Å². The number of fused-ring (bicyclic) bond motifs is 14. The first kappa shape index (κ1) is 40.4. The van der Waals surface area contributed by atoms with Crippen LogP contribution < -0.4 is 16.4 Å². The van der Waals surface area contributed by atoms with Crippen molar-refractivity contribution in [3.05, 3.63) is 178 Å². The summed E-state index contributed by atoms with van der Waals surface area (Å²) in [6, 6.07) is 48.6. The SMILES string of the molecule is CC(C)(C)c1ccc2c(c1)c1cc(C(C)(C)C)cc3c1n2-c1c(-c2cccnc2)cc2c4c1B3c1cc(C(C)(C)C)cc3c5cc(C(C)(C)C)cc(c5n-4c13)C21c2ccccc2-c2ccccc21. The van der Waals surface area contributed by atoms with Gasteiger partial charge in [-0.05, 0) is 136 Å². The molecule has 3 nitrogen and oxygen atoms in total. The molecule has 3 aromatic heterocycles. The van der Waals surface area contributed by atoms with E-state index in [2.05, 4.69) is 220 Å². The highest BCUT2D eigenvalue weighted by Crippen LogP contribution is 2.63. The molecule has 6 heterocycles. The van der Waals surface area contributed by atoms with E-state index in [0.717, 1.165) is 5.56 Å². The van der Waals surface area contributed by atoms with Gasteiger partial charge in [0.2, 0.25) is 0 Å². The van der Waals surface area contributed by atoms with Gasteiger partial charge in [-0.25, -0.2) is 0 Å². The number of nitrogens with zero attached hydrogens (tertiary/aromatic N) is 3. The van der Waals surface area contributed by atoms with E-state index in [0.29, 0.717) is 0 Å². The zero-order chi connectivity index (χ0) is 46.9. The number of benzene rings is 7. The normalized spacial score (nSPS) is 15.1. The Hall–Kier alpha value is -6.65. The molecule has 332 valence electrons. The summed E-state index contributed by atoms with van der Waals surface area (Å²) in [5, 5.41) is 5.39. The van der Waals surface area contributed by atoms with Crippen molar-refractivity contribution in [2.24, 2.45) is 0 Å². The van der Waals surface area contributed by atoms with Gasteiger partial charge in [0, 0.05) is 61.8 Å². The molecule has 0 N–H and O–H groups in total. The Balaban J connectivity index is 1.31. The summed E-state index contributed by atoms with van der Waals surface area (Å²) in [5.41, 5.74) is 27.3. The molecule has 0 radical (unpaired) electrons. The van der Waals surface area contributed by atoms with E-state index >= 15 is 0 Å². The second-order valence-corrected chi connectivity index (χ2v) is 24.8. The molecule has 0 amide bonds. The van der Waals surface area contributed by atoms with Crippen molar-refractivity contribution < 1.29 is 0 Å². The van der Waals surface area contributed by atoms with Crippen LogP contribution >= 0.6 is 0 Å². The molecule has 0 saturated heterocycles. The van der Waals surface area contributed by atoms with Crippen LogP contribution in [0.4, 0.5) is 0 Å². The van der Waals surface area contributed by atoms with Crippen LogP contribution in [0.5, 0.6) is 0 Å². The second kappa shape index (κ2) is 12.5. The van der Waals surface area contributed by atoms with Crippen LogP contribution in [-0.4, -0.2) is 20.8 Å². The lowest BCUT2D eigenvalue weighted by Gasteiger charge is -2.45. The first-order valence-electron chi connectivity index (χ1n) is 24.9. The molecule has 3 aliphatic heterocycles. The van der Waals surface area contributed by atoms with Crippen molar-refractivity contribution in [3.8, 4) is 33.6 Å². The van der Waals surface area contributed by atoms with Crippen molar-refractivity contribution in [2.45, 2.75) is 110 Å². The average molecular weight is 880 g/mol.